The molecule has 0 aromatic heterocycles. The lowest BCUT2D eigenvalue weighted by Crippen LogP contribution is -1.89. The Morgan fingerprint density at radius 1 is 1.20 bits per heavy atom. The van der Waals surface area contributed by atoms with Crippen LogP contribution in [0.25, 0.3) is 0 Å². The fourth-order valence-corrected chi connectivity index (χ4v) is 0.640. The Labute approximate surface area is 59.4 Å². The maximum absolute atomic E-state index is 10.6. The Morgan fingerprint density at radius 2 is 1.80 bits per heavy atom. The molecule has 1 heteroatoms. The third kappa shape index (κ3) is 1.46. The number of rotatable bonds is 0. The highest BCUT2D eigenvalue weighted by molar-refractivity contribution is 6.01. The lowest BCUT2D eigenvalue weighted by Gasteiger charge is -1.92. The lowest BCUT2D eigenvalue weighted by molar-refractivity contribution is -0.110. The first kappa shape index (κ1) is 6.57. The molecular formula is C9H6O. The van der Waals surface area contributed by atoms with Crippen molar-refractivity contribution in [1.29, 1.82) is 0 Å². The van der Waals surface area contributed by atoms with Crippen LogP contribution in [-0.4, -0.2) is 5.78 Å². The molecule has 48 valence electrons. The smallest absolute Gasteiger partial charge is 0.178 e. The van der Waals surface area contributed by atoms with E-state index in [1.807, 2.05) is 0 Å². The SMILES string of the molecule is C=C=C=C1C=CC(=O)C=C1. The molecule has 1 rings (SSSR count). The van der Waals surface area contributed by atoms with E-state index in [4.69, 9.17) is 0 Å². The predicted molar refractivity (Wildman–Crippen MR) is 39.5 cm³/mol. The second kappa shape index (κ2) is 2.84. The van der Waals surface area contributed by atoms with Crippen molar-refractivity contribution in [2.24, 2.45) is 0 Å². The van der Waals surface area contributed by atoms with Gasteiger partial charge in [-0.05, 0) is 30.9 Å². The van der Waals surface area contributed by atoms with Gasteiger partial charge in [0.2, 0.25) is 0 Å². The normalized spacial score (nSPS) is 14.8. The van der Waals surface area contributed by atoms with Crippen molar-refractivity contribution in [3.05, 3.63) is 47.9 Å². The molecule has 1 nitrogen and oxygen atoms in total. The van der Waals surface area contributed by atoms with Crippen molar-refractivity contribution < 1.29 is 4.79 Å². The minimum Gasteiger partial charge on any atom is -0.290 e. The van der Waals surface area contributed by atoms with E-state index < -0.39 is 0 Å². The van der Waals surface area contributed by atoms with Crippen molar-refractivity contribution in [1.82, 2.24) is 0 Å². The van der Waals surface area contributed by atoms with Crippen molar-refractivity contribution in [2.45, 2.75) is 0 Å². The maximum atomic E-state index is 10.6. The highest BCUT2D eigenvalue weighted by Crippen LogP contribution is 2.02. The third-order valence-electron chi connectivity index (χ3n) is 1.09. The van der Waals surface area contributed by atoms with Crippen LogP contribution in [0.5, 0.6) is 0 Å². The zero-order chi connectivity index (χ0) is 7.40. The van der Waals surface area contributed by atoms with Gasteiger partial charge in [-0.15, -0.1) is 0 Å². The predicted octanol–water partition coefficient (Wildman–Crippen LogP) is 1.55. The van der Waals surface area contributed by atoms with Gasteiger partial charge in [0.25, 0.3) is 0 Å². The van der Waals surface area contributed by atoms with Gasteiger partial charge in [-0.1, -0.05) is 11.5 Å². The minimum absolute atomic E-state index is 0.00890. The number of carbonyl (C=O) groups is 1. The van der Waals surface area contributed by atoms with E-state index in [0.29, 0.717) is 0 Å². The van der Waals surface area contributed by atoms with Gasteiger partial charge in [0.1, 0.15) is 0 Å². The summed E-state index contributed by atoms with van der Waals surface area (Å²) in [6, 6.07) is 0. The quantitative estimate of drug-likeness (QED) is 0.454. The van der Waals surface area contributed by atoms with Gasteiger partial charge < -0.3 is 0 Å². The molecule has 0 saturated carbocycles. The fraction of sp³-hybridized carbons (Fsp3) is 0. The van der Waals surface area contributed by atoms with E-state index in [2.05, 4.69) is 18.0 Å². The standard InChI is InChI=1S/C9H6O/c1-2-3-8-4-6-9(10)7-5-8/h4-7H,1H2. The molecule has 10 heavy (non-hydrogen) atoms. The van der Waals surface area contributed by atoms with Crippen LogP contribution in [0.4, 0.5) is 0 Å². The Hall–Kier alpha value is -1.55. The third-order valence-corrected chi connectivity index (χ3v) is 1.09. The molecule has 1 aliphatic carbocycles. The minimum atomic E-state index is 0.00890. The zero-order valence-corrected chi connectivity index (χ0v) is 5.42. The average Bonchev–Trinajstić information content (AvgIpc) is 1.95. The molecule has 0 N–H and O–H groups in total. The first-order valence-corrected chi connectivity index (χ1v) is 2.88. The second-order valence-corrected chi connectivity index (χ2v) is 1.83. The highest BCUT2D eigenvalue weighted by Gasteiger charge is 1.95. The van der Waals surface area contributed by atoms with Crippen molar-refractivity contribution in [2.75, 3.05) is 0 Å². The fourth-order valence-electron chi connectivity index (χ4n) is 0.640. The molecule has 0 radical (unpaired) electrons. The summed E-state index contributed by atoms with van der Waals surface area (Å²) in [5.74, 6) is 0.00890. The first-order valence-electron chi connectivity index (χ1n) is 2.88. The molecule has 0 unspecified atom stereocenters. The summed E-state index contributed by atoms with van der Waals surface area (Å²) in [5.41, 5.74) is 6.06. The number of hydrogen-bond donors (Lipinski definition) is 0. The van der Waals surface area contributed by atoms with Gasteiger partial charge in [0, 0.05) is 5.57 Å². The van der Waals surface area contributed by atoms with Crippen LogP contribution < -0.4 is 0 Å². The van der Waals surface area contributed by atoms with Crippen LogP contribution in [0.1, 0.15) is 0 Å². The molecule has 0 spiro atoms. The number of carbonyl (C=O) groups excluding carboxylic acids is 1. The largest absolute Gasteiger partial charge is 0.290 e. The average molecular weight is 130 g/mol. The summed E-state index contributed by atoms with van der Waals surface area (Å²) in [4.78, 5) is 10.6. The van der Waals surface area contributed by atoms with Crippen molar-refractivity contribution in [3.63, 3.8) is 0 Å². The molecule has 0 fully saturated rings. The lowest BCUT2D eigenvalue weighted by atomic mass is 10.1. The van der Waals surface area contributed by atoms with E-state index >= 15 is 0 Å². The molecule has 0 bridgehead atoms. The monoisotopic (exact) mass is 130 g/mol. The molecule has 0 saturated heterocycles. The maximum Gasteiger partial charge on any atom is 0.178 e. The summed E-state index contributed by atoms with van der Waals surface area (Å²) in [7, 11) is 0. The van der Waals surface area contributed by atoms with Crippen molar-refractivity contribution in [3.8, 4) is 0 Å². The molecule has 1 aliphatic rings. The van der Waals surface area contributed by atoms with Gasteiger partial charge in [-0.3, -0.25) is 4.79 Å². The molecular weight excluding hydrogens is 124 g/mol. The summed E-state index contributed by atoms with van der Waals surface area (Å²) in [6.45, 7) is 3.36. The Kier molecular flexibility index (Phi) is 1.86. The van der Waals surface area contributed by atoms with Crippen LogP contribution in [0, 0.1) is 0 Å². The van der Waals surface area contributed by atoms with Gasteiger partial charge in [-0.2, -0.15) is 0 Å². The summed E-state index contributed by atoms with van der Waals surface area (Å²) in [6.07, 6.45) is 6.33. The van der Waals surface area contributed by atoms with E-state index in [-0.39, 0.29) is 5.78 Å². The molecule has 0 aliphatic heterocycles. The number of ketones is 1. The molecule has 0 amide bonds. The van der Waals surface area contributed by atoms with Crippen LogP contribution in [-0.2, 0) is 4.79 Å². The van der Waals surface area contributed by atoms with Crippen LogP contribution in [0.15, 0.2) is 47.9 Å². The van der Waals surface area contributed by atoms with E-state index in [1.165, 1.54) is 12.2 Å². The Balaban J connectivity index is 3.02. The van der Waals surface area contributed by atoms with Crippen molar-refractivity contribution >= 4 is 5.78 Å². The molecule has 0 heterocycles. The van der Waals surface area contributed by atoms with Gasteiger partial charge in [-0.25, -0.2) is 0 Å². The highest BCUT2D eigenvalue weighted by atomic mass is 16.1. The van der Waals surface area contributed by atoms with Crippen LogP contribution in [0.3, 0.4) is 0 Å². The zero-order valence-electron chi connectivity index (χ0n) is 5.42. The van der Waals surface area contributed by atoms with Gasteiger partial charge in [0.15, 0.2) is 5.78 Å². The topological polar surface area (TPSA) is 17.1 Å². The van der Waals surface area contributed by atoms with Gasteiger partial charge >= 0.3 is 0 Å². The Bertz CT molecular complexity index is 275. The summed E-state index contributed by atoms with van der Waals surface area (Å²) >= 11 is 0. The molecule has 0 atom stereocenters. The van der Waals surface area contributed by atoms with Gasteiger partial charge in [0.05, 0.1) is 0 Å². The summed E-state index contributed by atoms with van der Waals surface area (Å²) in [5, 5.41) is 0. The van der Waals surface area contributed by atoms with Crippen LogP contribution >= 0.6 is 0 Å². The Morgan fingerprint density at radius 3 is 2.30 bits per heavy atom. The number of hydrogen-bond acceptors (Lipinski definition) is 1. The second-order valence-electron chi connectivity index (χ2n) is 1.83. The van der Waals surface area contributed by atoms with E-state index in [0.717, 1.165) is 5.57 Å². The number of allylic oxidation sites excluding steroid dienone is 5. The first-order chi connectivity index (χ1) is 4.83. The summed E-state index contributed by atoms with van der Waals surface area (Å²) < 4.78 is 0. The molecule has 0 aromatic rings. The molecule has 0 aromatic carbocycles. The van der Waals surface area contributed by atoms with E-state index in [1.54, 1.807) is 12.2 Å². The van der Waals surface area contributed by atoms with Crippen LogP contribution in [0.2, 0.25) is 0 Å². The van der Waals surface area contributed by atoms with E-state index in [9.17, 15) is 4.79 Å².